The molecule has 7 heteroatoms. The maximum Gasteiger partial charge on any atom is 0.243 e. The average Bonchev–Trinajstić information content (AvgIpc) is 3.28. The third-order valence-electron chi connectivity index (χ3n) is 5.97. The van der Waals surface area contributed by atoms with Gasteiger partial charge in [0.05, 0.1) is 18.0 Å². The number of benzene rings is 2. The Morgan fingerprint density at radius 3 is 2.29 bits per heavy atom. The number of rotatable bonds is 9. The van der Waals surface area contributed by atoms with Crippen LogP contribution >= 0.6 is 0 Å². The predicted molar refractivity (Wildman–Crippen MR) is 122 cm³/mol. The molecule has 31 heavy (non-hydrogen) atoms. The molecule has 1 atom stereocenters. The standard InChI is InChI=1S/C24H32N2O4S/c1-4-25(5-2)31(28,29)22-15-8-19(9-16-22)10-17-24(27)26-18-6-7-23(26)20-11-13-21(30-3)14-12-20/h8-9,11-16,23H,4-7,10,17-18H2,1-3H3. The lowest BCUT2D eigenvalue weighted by Crippen LogP contribution is -2.31. The highest BCUT2D eigenvalue weighted by Crippen LogP contribution is 2.33. The third-order valence-corrected chi connectivity index (χ3v) is 8.03. The van der Waals surface area contributed by atoms with Gasteiger partial charge in [0.25, 0.3) is 0 Å². The minimum Gasteiger partial charge on any atom is -0.497 e. The van der Waals surface area contributed by atoms with Gasteiger partial charge in [-0.05, 0) is 54.7 Å². The smallest absolute Gasteiger partial charge is 0.243 e. The summed E-state index contributed by atoms with van der Waals surface area (Å²) in [5.74, 6) is 0.948. The average molecular weight is 445 g/mol. The van der Waals surface area contributed by atoms with Gasteiger partial charge in [0, 0.05) is 26.1 Å². The number of amides is 1. The molecule has 0 aromatic heterocycles. The Balaban J connectivity index is 1.62. The maximum absolute atomic E-state index is 12.9. The fourth-order valence-electron chi connectivity index (χ4n) is 4.17. The van der Waals surface area contributed by atoms with E-state index in [1.54, 1.807) is 19.2 Å². The van der Waals surface area contributed by atoms with E-state index in [2.05, 4.69) is 0 Å². The molecule has 1 unspecified atom stereocenters. The van der Waals surface area contributed by atoms with Gasteiger partial charge in [-0.15, -0.1) is 0 Å². The number of nitrogens with zero attached hydrogens (tertiary/aromatic N) is 2. The van der Waals surface area contributed by atoms with E-state index in [1.807, 2.05) is 55.1 Å². The first kappa shape index (κ1) is 23.3. The highest BCUT2D eigenvalue weighted by molar-refractivity contribution is 7.89. The van der Waals surface area contributed by atoms with E-state index < -0.39 is 10.0 Å². The highest BCUT2D eigenvalue weighted by Gasteiger charge is 2.29. The van der Waals surface area contributed by atoms with E-state index in [0.29, 0.717) is 30.8 Å². The Morgan fingerprint density at radius 2 is 1.71 bits per heavy atom. The zero-order valence-electron chi connectivity index (χ0n) is 18.6. The fraction of sp³-hybridized carbons (Fsp3) is 0.458. The van der Waals surface area contributed by atoms with Crippen LogP contribution in [-0.2, 0) is 21.2 Å². The lowest BCUT2D eigenvalue weighted by molar-refractivity contribution is -0.132. The molecule has 0 bridgehead atoms. The van der Waals surface area contributed by atoms with Crippen molar-refractivity contribution in [1.29, 1.82) is 0 Å². The van der Waals surface area contributed by atoms with Crippen molar-refractivity contribution in [1.82, 2.24) is 9.21 Å². The topological polar surface area (TPSA) is 66.9 Å². The van der Waals surface area contributed by atoms with Crippen LogP contribution < -0.4 is 4.74 Å². The Morgan fingerprint density at radius 1 is 1.06 bits per heavy atom. The van der Waals surface area contributed by atoms with Crippen molar-refractivity contribution in [2.75, 3.05) is 26.7 Å². The summed E-state index contributed by atoms with van der Waals surface area (Å²) in [6.07, 6.45) is 2.97. The van der Waals surface area contributed by atoms with Gasteiger partial charge in [0.15, 0.2) is 0 Å². The quantitative estimate of drug-likeness (QED) is 0.586. The minimum atomic E-state index is -3.46. The number of ether oxygens (including phenoxy) is 1. The molecule has 0 aliphatic carbocycles. The van der Waals surface area contributed by atoms with Crippen molar-refractivity contribution in [3.8, 4) is 5.75 Å². The van der Waals surface area contributed by atoms with Gasteiger partial charge in [-0.3, -0.25) is 4.79 Å². The van der Waals surface area contributed by atoms with Crippen LogP contribution in [0.5, 0.6) is 5.75 Å². The highest BCUT2D eigenvalue weighted by atomic mass is 32.2. The molecular formula is C24H32N2O4S. The second-order valence-electron chi connectivity index (χ2n) is 7.75. The van der Waals surface area contributed by atoms with Crippen molar-refractivity contribution < 1.29 is 17.9 Å². The largest absolute Gasteiger partial charge is 0.497 e. The first-order chi connectivity index (χ1) is 14.9. The third kappa shape index (κ3) is 5.28. The lowest BCUT2D eigenvalue weighted by atomic mass is 10.0. The van der Waals surface area contributed by atoms with Crippen molar-refractivity contribution in [2.24, 2.45) is 0 Å². The van der Waals surface area contributed by atoms with Gasteiger partial charge in [0.2, 0.25) is 15.9 Å². The van der Waals surface area contributed by atoms with Crippen LogP contribution in [0, 0.1) is 0 Å². The van der Waals surface area contributed by atoms with Gasteiger partial charge < -0.3 is 9.64 Å². The Bertz CT molecular complexity index is 968. The number of carbonyl (C=O) groups excluding carboxylic acids is 1. The second kappa shape index (κ2) is 10.3. The van der Waals surface area contributed by atoms with Crippen molar-refractivity contribution in [3.63, 3.8) is 0 Å². The fourth-order valence-corrected chi connectivity index (χ4v) is 5.63. The summed E-state index contributed by atoms with van der Waals surface area (Å²) in [7, 11) is -1.81. The van der Waals surface area contributed by atoms with Crippen molar-refractivity contribution >= 4 is 15.9 Å². The molecule has 3 rings (SSSR count). The molecule has 1 heterocycles. The molecule has 0 saturated carbocycles. The Labute approximate surface area is 185 Å². The first-order valence-electron chi connectivity index (χ1n) is 10.9. The molecule has 0 spiro atoms. The minimum absolute atomic E-state index is 0.111. The number of sulfonamides is 1. The number of hydrogen-bond donors (Lipinski definition) is 0. The zero-order chi connectivity index (χ0) is 22.4. The second-order valence-corrected chi connectivity index (χ2v) is 9.69. The monoisotopic (exact) mass is 444 g/mol. The molecule has 1 amide bonds. The van der Waals surface area contributed by atoms with Crippen LogP contribution in [0.1, 0.15) is 50.3 Å². The summed E-state index contributed by atoms with van der Waals surface area (Å²) < 4.78 is 31.9. The molecule has 1 saturated heterocycles. The van der Waals surface area contributed by atoms with Crippen molar-refractivity contribution in [3.05, 3.63) is 59.7 Å². The summed E-state index contributed by atoms with van der Waals surface area (Å²) in [6, 6.07) is 15.0. The molecule has 1 aliphatic heterocycles. The van der Waals surface area contributed by atoms with E-state index >= 15 is 0 Å². The van der Waals surface area contributed by atoms with Crippen LogP contribution in [0.4, 0.5) is 0 Å². The van der Waals surface area contributed by atoms with Crippen LogP contribution in [0.2, 0.25) is 0 Å². The molecule has 0 N–H and O–H groups in total. The number of aryl methyl sites for hydroxylation is 1. The van der Waals surface area contributed by atoms with E-state index in [0.717, 1.165) is 36.3 Å². The Hall–Kier alpha value is -2.38. The van der Waals surface area contributed by atoms with Gasteiger partial charge in [0.1, 0.15) is 5.75 Å². The summed E-state index contributed by atoms with van der Waals surface area (Å²) in [5.41, 5.74) is 2.10. The molecule has 2 aromatic rings. The van der Waals surface area contributed by atoms with Gasteiger partial charge in [-0.2, -0.15) is 4.31 Å². The van der Waals surface area contributed by atoms with Crippen LogP contribution in [-0.4, -0.2) is 50.3 Å². The SMILES string of the molecule is CCN(CC)S(=O)(=O)c1ccc(CCC(=O)N2CCCC2c2ccc(OC)cc2)cc1. The first-order valence-corrected chi connectivity index (χ1v) is 12.4. The summed E-state index contributed by atoms with van der Waals surface area (Å²) in [6.45, 7) is 5.33. The van der Waals surface area contributed by atoms with Crippen LogP contribution in [0.15, 0.2) is 53.4 Å². The summed E-state index contributed by atoms with van der Waals surface area (Å²) in [5, 5.41) is 0. The van der Waals surface area contributed by atoms with E-state index in [9.17, 15) is 13.2 Å². The molecular weight excluding hydrogens is 412 g/mol. The zero-order valence-corrected chi connectivity index (χ0v) is 19.4. The van der Waals surface area contributed by atoms with Gasteiger partial charge in [-0.25, -0.2) is 8.42 Å². The van der Waals surface area contributed by atoms with Gasteiger partial charge in [-0.1, -0.05) is 38.1 Å². The van der Waals surface area contributed by atoms with Crippen LogP contribution in [0.3, 0.4) is 0 Å². The number of likely N-dealkylation sites (tertiary alicyclic amines) is 1. The number of hydrogen-bond acceptors (Lipinski definition) is 4. The number of methoxy groups -OCH3 is 1. The molecule has 0 radical (unpaired) electrons. The van der Waals surface area contributed by atoms with Crippen LogP contribution in [0.25, 0.3) is 0 Å². The van der Waals surface area contributed by atoms with E-state index in [-0.39, 0.29) is 11.9 Å². The van der Waals surface area contributed by atoms with E-state index in [1.165, 1.54) is 4.31 Å². The van der Waals surface area contributed by atoms with Gasteiger partial charge >= 0.3 is 0 Å². The molecule has 6 nitrogen and oxygen atoms in total. The number of carbonyl (C=O) groups is 1. The van der Waals surface area contributed by atoms with E-state index in [4.69, 9.17) is 4.74 Å². The molecule has 1 fully saturated rings. The van der Waals surface area contributed by atoms with Crippen molar-refractivity contribution in [2.45, 2.75) is 50.5 Å². The molecule has 1 aliphatic rings. The molecule has 168 valence electrons. The summed E-state index contributed by atoms with van der Waals surface area (Å²) in [4.78, 5) is 15.2. The Kier molecular flexibility index (Phi) is 7.73. The predicted octanol–water partition coefficient (Wildman–Crippen LogP) is 4.02. The summed E-state index contributed by atoms with van der Waals surface area (Å²) >= 11 is 0. The maximum atomic E-state index is 12.9. The molecule has 2 aromatic carbocycles. The normalized spacial score (nSPS) is 16.6. The lowest BCUT2D eigenvalue weighted by Gasteiger charge is -2.25.